The summed E-state index contributed by atoms with van der Waals surface area (Å²) in [5.41, 5.74) is -0.253. The predicted octanol–water partition coefficient (Wildman–Crippen LogP) is -1.40. The van der Waals surface area contributed by atoms with Gasteiger partial charge in [-0.3, -0.25) is 9.59 Å². The summed E-state index contributed by atoms with van der Waals surface area (Å²) in [6.45, 7) is -0.404. The first-order chi connectivity index (χ1) is 18.6. The molecule has 6 aromatic rings. The average Bonchev–Trinajstić information content (AvgIpc) is 3.65. The number of benzene rings is 2. The van der Waals surface area contributed by atoms with Gasteiger partial charge >= 0.3 is 0 Å². The fraction of sp³-hybridized carbons (Fsp3) is 0.130. The number of rotatable bonds is 8. The van der Waals surface area contributed by atoms with E-state index in [-0.39, 0.29) is 97.1 Å². The summed E-state index contributed by atoms with van der Waals surface area (Å²) in [7, 11) is 0. The molecule has 2 aromatic carbocycles. The lowest BCUT2D eigenvalue weighted by Crippen LogP contribution is -2.25. The Hall–Kier alpha value is -5.56. The highest BCUT2D eigenvalue weighted by molar-refractivity contribution is 5.85. The van der Waals surface area contributed by atoms with E-state index in [4.69, 9.17) is 18.3 Å². The zero-order valence-corrected chi connectivity index (χ0v) is 20.7. The molecule has 0 aliphatic carbocycles. The number of aliphatic hydroxyl groups is 1. The van der Waals surface area contributed by atoms with Crippen molar-refractivity contribution < 1.29 is 39.8 Å². The molecule has 0 saturated heterocycles. The molecule has 4 aromatic heterocycles. The van der Waals surface area contributed by atoms with E-state index >= 15 is 0 Å². The molecule has 6 rings (SSSR count). The van der Waals surface area contributed by atoms with Crippen LogP contribution >= 0.6 is 0 Å². The first-order valence-corrected chi connectivity index (χ1v) is 11.1. The molecule has 0 saturated carbocycles. The highest BCUT2D eigenvalue weighted by Gasteiger charge is 2.17. The van der Waals surface area contributed by atoms with Gasteiger partial charge in [-0.25, -0.2) is 0 Å². The van der Waals surface area contributed by atoms with Crippen molar-refractivity contribution in [3.05, 3.63) is 69.0 Å². The quantitative estimate of drug-likeness (QED) is 0.190. The first kappa shape index (κ1) is 30.0. The zero-order valence-electron chi connectivity index (χ0n) is 20.7. The van der Waals surface area contributed by atoms with E-state index in [1.165, 1.54) is 12.1 Å². The van der Waals surface area contributed by atoms with Crippen LogP contribution in [0.25, 0.3) is 45.1 Å². The second-order valence-corrected chi connectivity index (χ2v) is 7.96. The van der Waals surface area contributed by atoms with Crippen LogP contribution in [-0.4, -0.2) is 82.1 Å². The van der Waals surface area contributed by atoms with Crippen molar-refractivity contribution in [3.63, 3.8) is 0 Å². The van der Waals surface area contributed by atoms with Crippen LogP contribution in [0.5, 0.6) is 11.5 Å². The van der Waals surface area contributed by atoms with Crippen LogP contribution in [0.3, 0.4) is 0 Å². The van der Waals surface area contributed by atoms with Gasteiger partial charge in [-0.05, 0) is 34.7 Å². The van der Waals surface area contributed by atoms with E-state index < -0.39 is 6.10 Å². The number of H-pyrrole nitrogens is 2. The summed E-state index contributed by atoms with van der Waals surface area (Å²) < 4.78 is 22.9. The number of aromatic nitrogens is 8. The average molecular weight is 570 g/mol. The van der Waals surface area contributed by atoms with Gasteiger partial charge in [0, 0.05) is 12.1 Å². The lowest BCUT2D eigenvalue weighted by molar-refractivity contribution is 0.0636. The number of aromatic amines is 2. The van der Waals surface area contributed by atoms with Crippen molar-refractivity contribution in [2.45, 2.75) is 6.10 Å². The summed E-state index contributed by atoms with van der Waals surface area (Å²) in [5.74, 6) is 0.994. The molecule has 0 unspecified atom stereocenters. The van der Waals surface area contributed by atoms with Crippen molar-refractivity contribution in [3.8, 4) is 34.7 Å². The zero-order chi connectivity index (χ0) is 26.1. The van der Waals surface area contributed by atoms with Crippen LogP contribution in [0.2, 0.25) is 0 Å². The molecule has 214 valence electrons. The Kier molecular flexibility index (Phi) is 9.16. The highest BCUT2D eigenvalue weighted by Crippen LogP contribution is 2.27. The second-order valence-electron chi connectivity index (χ2n) is 7.96. The third-order valence-corrected chi connectivity index (χ3v) is 5.43. The van der Waals surface area contributed by atoms with E-state index in [0.29, 0.717) is 0 Å². The second kappa shape index (κ2) is 12.5. The molecule has 41 heavy (non-hydrogen) atoms. The molecular weight excluding hydrogens is 548 g/mol. The Morgan fingerprint density at radius 2 is 1.17 bits per heavy atom. The maximum atomic E-state index is 12.8. The molecule has 18 nitrogen and oxygen atoms in total. The van der Waals surface area contributed by atoms with Crippen molar-refractivity contribution >= 4 is 21.9 Å². The van der Waals surface area contributed by atoms with Crippen LogP contribution < -0.4 is 20.3 Å². The van der Waals surface area contributed by atoms with Gasteiger partial charge in [-0.1, -0.05) is 12.1 Å². The number of nitrogens with one attached hydrogen (secondary N) is 2. The maximum Gasteiger partial charge on any atom is 0.239 e. The van der Waals surface area contributed by atoms with Gasteiger partial charge < -0.3 is 39.8 Å². The van der Waals surface area contributed by atoms with Crippen molar-refractivity contribution in [2.75, 3.05) is 13.2 Å². The molecule has 0 bridgehead atoms. The van der Waals surface area contributed by atoms with Crippen molar-refractivity contribution in [1.29, 1.82) is 0 Å². The number of hydrogen-bond acceptors (Lipinski definition) is 13. The molecule has 18 heteroatoms. The third kappa shape index (κ3) is 5.89. The maximum absolute atomic E-state index is 12.8. The molecule has 0 radical (unpaired) electrons. The number of nitrogens with zero attached hydrogens (tertiary/aromatic N) is 6. The van der Waals surface area contributed by atoms with Gasteiger partial charge in [0.25, 0.3) is 0 Å². The lowest BCUT2D eigenvalue weighted by atomic mass is 10.2. The Morgan fingerprint density at radius 1 is 0.732 bits per heavy atom. The molecule has 4 heterocycles. The van der Waals surface area contributed by atoms with Crippen LogP contribution in [0.15, 0.2) is 67.0 Å². The summed E-state index contributed by atoms with van der Waals surface area (Å²) in [5, 5.41) is 37.6. The molecule has 9 N–H and O–H groups in total. The molecule has 0 fully saturated rings. The lowest BCUT2D eigenvalue weighted by Gasteiger charge is -2.15. The van der Waals surface area contributed by atoms with E-state index in [1.807, 2.05) is 0 Å². The molecular formula is C23H22N8O10. The Balaban J connectivity index is 0.00000154. The SMILES string of the molecule is O.O.O.O=c1cc(-c2nn[nH]n2)oc2cccc(OCC(O)COc3cccc4oc(-c5nn[nH]n5)cc(=O)c34)c12. The summed E-state index contributed by atoms with van der Waals surface area (Å²) in [6, 6.07) is 12.1. The Morgan fingerprint density at radius 3 is 1.56 bits per heavy atom. The third-order valence-electron chi connectivity index (χ3n) is 5.43. The van der Waals surface area contributed by atoms with E-state index in [2.05, 4.69) is 41.2 Å². The number of fused-ring (bicyclic) bond motifs is 2. The fourth-order valence-corrected chi connectivity index (χ4v) is 3.77. The monoisotopic (exact) mass is 570 g/mol. The van der Waals surface area contributed by atoms with Gasteiger partial charge in [0.1, 0.15) is 52.8 Å². The first-order valence-electron chi connectivity index (χ1n) is 11.1. The number of hydrogen-bond donors (Lipinski definition) is 3. The normalized spacial score (nSPS) is 10.6. The van der Waals surface area contributed by atoms with Crippen LogP contribution in [0.1, 0.15) is 0 Å². The Bertz CT molecular complexity index is 1720. The largest absolute Gasteiger partial charge is 0.490 e. The smallest absolute Gasteiger partial charge is 0.239 e. The summed E-state index contributed by atoms with van der Waals surface area (Å²) >= 11 is 0. The molecule has 0 atom stereocenters. The minimum absolute atomic E-state index is 0. The molecule has 0 aliphatic rings. The standard InChI is InChI=1S/C23H16N8O7.3H2O/c32-11(9-35-14-3-1-5-16-20(14)12(33)7-18(37-16)22-24-28-29-25-22)10-36-15-4-2-6-17-21(15)13(34)8-19(38-17)23-26-30-31-27-23;;;/h1-8,11,32H,9-10H2,(H,24,25,28,29)(H,26,27,30,31);3*1H2. The Labute approximate surface area is 226 Å². The predicted molar refractivity (Wildman–Crippen MR) is 139 cm³/mol. The van der Waals surface area contributed by atoms with E-state index in [0.717, 1.165) is 0 Å². The van der Waals surface area contributed by atoms with Crippen molar-refractivity contribution in [2.24, 2.45) is 0 Å². The number of tetrazole rings is 2. The minimum Gasteiger partial charge on any atom is -0.490 e. The minimum atomic E-state index is -1.10. The van der Waals surface area contributed by atoms with Crippen LogP contribution in [-0.2, 0) is 0 Å². The van der Waals surface area contributed by atoms with Gasteiger partial charge in [0.05, 0.1) is 0 Å². The molecule has 0 amide bonds. The van der Waals surface area contributed by atoms with Gasteiger partial charge in [-0.2, -0.15) is 10.4 Å². The molecule has 0 aliphatic heterocycles. The van der Waals surface area contributed by atoms with Crippen LogP contribution in [0, 0.1) is 0 Å². The highest BCUT2D eigenvalue weighted by atomic mass is 16.5. The van der Waals surface area contributed by atoms with E-state index in [1.54, 1.807) is 36.4 Å². The van der Waals surface area contributed by atoms with Gasteiger partial charge in [0.15, 0.2) is 22.4 Å². The molecule has 0 spiro atoms. The topological polar surface area (TPSA) is 303 Å². The summed E-state index contributed by atoms with van der Waals surface area (Å²) in [4.78, 5) is 25.5. The number of ether oxygens (including phenoxy) is 2. The number of aliphatic hydroxyl groups excluding tert-OH is 1. The van der Waals surface area contributed by atoms with Gasteiger partial charge in [0.2, 0.25) is 11.6 Å². The van der Waals surface area contributed by atoms with Crippen molar-refractivity contribution in [1.82, 2.24) is 41.2 Å². The van der Waals surface area contributed by atoms with Gasteiger partial charge in [-0.15, -0.1) is 20.4 Å². The summed E-state index contributed by atoms with van der Waals surface area (Å²) in [6.07, 6.45) is -1.10. The van der Waals surface area contributed by atoms with Crippen LogP contribution in [0.4, 0.5) is 0 Å². The fourth-order valence-electron chi connectivity index (χ4n) is 3.77. The van der Waals surface area contributed by atoms with E-state index in [9.17, 15) is 14.7 Å².